The van der Waals surface area contributed by atoms with Crippen LogP contribution >= 0.6 is 0 Å². The molecule has 0 aliphatic rings. The molecule has 0 heterocycles. The molecule has 0 radical (unpaired) electrons. The summed E-state index contributed by atoms with van der Waals surface area (Å²) >= 11 is 0. The molecule has 0 amide bonds. The van der Waals surface area contributed by atoms with Crippen molar-refractivity contribution in [2.24, 2.45) is 0 Å². The van der Waals surface area contributed by atoms with Gasteiger partial charge < -0.3 is 10.2 Å². The Hall–Kier alpha value is -1.96. The first-order valence-electron chi connectivity index (χ1n) is 7.08. The zero-order valence-corrected chi connectivity index (χ0v) is 12.3. The second-order valence-electron chi connectivity index (χ2n) is 5.71. The van der Waals surface area contributed by atoms with Crippen molar-refractivity contribution >= 4 is 0 Å². The first kappa shape index (κ1) is 14.4. The molecule has 2 aromatic rings. The maximum atomic E-state index is 10.4. The molecule has 2 N–H and O–H groups in total. The summed E-state index contributed by atoms with van der Waals surface area (Å²) in [6.07, 6.45) is 0.760. The second kappa shape index (κ2) is 6.00. The predicted octanol–water partition coefficient (Wildman–Crippen LogP) is 4.57. The van der Waals surface area contributed by atoms with E-state index in [-0.39, 0.29) is 11.7 Å². The Morgan fingerprint density at radius 3 is 2.30 bits per heavy atom. The highest BCUT2D eigenvalue weighted by Crippen LogP contribution is 2.32. The van der Waals surface area contributed by atoms with E-state index in [0.29, 0.717) is 11.7 Å². The van der Waals surface area contributed by atoms with Crippen LogP contribution in [0.3, 0.4) is 0 Å². The molecule has 0 aliphatic carbocycles. The first-order valence-corrected chi connectivity index (χ1v) is 7.08. The van der Waals surface area contributed by atoms with Gasteiger partial charge in [0.05, 0.1) is 0 Å². The van der Waals surface area contributed by atoms with E-state index in [2.05, 4.69) is 20.8 Å². The van der Waals surface area contributed by atoms with E-state index in [0.717, 1.165) is 23.1 Å². The van der Waals surface area contributed by atoms with Gasteiger partial charge in [-0.25, -0.2) is 0 Å². The molecule has 0 saturated carbocycles. The van der Waals surface area contributed by atoms with Crippen LogP contribution in [0.15, 0.2) is 42.5 Å². The van der Waals surface area contributed by atoms with Crippen LogP contribution in [0.25, 0.3) is 0 Å². The van der Waals surface area contributed by atoms with Crippen LogP contribution in [0.5, 0.6) is 11.5 Å². The fourth-order valence-electron chi connectivity index (χ4n) is 2.52. The molecule has 2 nitrogen and oxygen atoms in total. The average Bonchev–Trinajstić information content (AvgIpc) is 2.40. The van der Waals surface area contributed by atoms with Crippen LogP contribution < -0.4 is 0 Å². The highest BCUT2D eigenvalue weighted by atomic mass is 16.3. The average molecular weight is 270 g/mol. The molecular weight excluding hydrogens is 248 g/mol. The molecule has 2 rings (SSSR count). The zero-order chi connectivity index (χ0) is 14.7. The van der Waals surface area contributed by atoms with Gasteiger partial charge in [-0.05, 0) is 47.1 Å². The molecule has 1 atom stereocenters. The monoisotopic (exact) mass is 270 g/mol. The Balaban J connectivity index is 2.24. The van der Waals surface area contributed by atoms with Crippen LogP contribution in [0.1, 0.15) is 49.3 Å². The summed E-state index contributed by atoms with van der Waals surface area (Å²) in [6.45, 7) is 6.27. The van der Waals surface area contributed by atoms with Crippen molar-refractivity contribution in [2.45, 2.75) is 39.0 Å². The summed E-state index contributed by atoms with van der Waals surface area (Å²) in [6, 6.07) is 13.3. The lowest BCUT2D eigenvalue weighted by atomic mass is 9.90. The van der Waals surface area contributed by atoms with Gasteiger partial charge in [0.25, 0.3) is 0 Å². The smallest absolute Gasteiger partial charge is 0.122 e. The number of hydrogen-bond acceptors (Lipinski definition) is 2. The van der Waals surface area contributed by atoms with Crippen LogP contribution in [0, 0.1) is 0 Å². The highest BCUT2D eigenvalue weighted by Gasteiger charge is 2.14. The summed E-state index contributed by atoms with van der Waals surface area (Å²) in [5, 5.41) is 19.9. The summed E-state index contributed by atoms with van der Waals surface area (Å²) in [5.41, 5.74) is 3.04. The lowest BCUT2D eigenvalue weighted by Gasteiger charge is -2.16. The molecule has 0 fully saturated rings. The van der Waals surface area contributed by atoms with Gasteiger partial charge in [-0.2, -0.15) is 0 Å². The van der Waals surface area contributed by atoms with Crippen molar-refractivity contribution in [3.63, 3.8) is 0 Å². The van der Waals surface area contributed by atoms with Crippen molar-refractivity contribution in [3.8, 4) is 11.5 Å². The zero-order valence-electron chi connectivity index (χ0n) is 12.3. The van der Waals surface area contributed by atoms with E-state index in [1.165, 1.54) is 0 Å². The predicted molar refractivity (Wildman–Crippen MR) is 82.4 cm³/mol. The SMILES string of the molecule is CC(C)c1cccc(CC(C)c2cccc(O)c2)c1O. The maximum absolute atomic E-state index is 10.4. The van der Waals surface area contributed by atoms with Crippen molar-refractivity contribution in [3.05, 3.63) is 59.2 Å². The number of phenolic OH excluding ortho intramolecular Hbond substituents is 2. The van der Waals surface area contributed by atoms with Crippen molar-refractivity contribution in [1.82, 2.24) is 0 Å². The molecule has 1 unspecified atom stereocenters. The van der Waals surface area contributed by atoms with E-state index < -0.39 is 0 Å². The molecule has 0 aliphatic heterocycles. The van der Waals surface area contributed by atoms with Gasteiger partial charge in [0.15, 0.2) is 0 Å². The minimum absolute atomic E-state index is 0.246. The number of para-hydroxylation sites is 1. The molecule has 0 saturated heterocycles. The second-order valence-corrected chi connectivity index (χ2v) is 5.71. The van der Waals surface area contributed by atoms with Crippen molar-refractivity contribution in [1.29, 1.82) is 0 Å². The van der Waals surface area contributed by atoms with Gasteiger partial charge in [-0.3, -0.25) is 0 Å². The van der Waals surface area contributed by atoms with Crippen molar-refractivity contribution < 1.29 is 10.2 Å². The summed E-state index contributed by atoms with van der Waals surface area (Å²) in [4.78, 5) is 0. The Kier molecular flexibility index (Phi) is 4.33. The number of aromatic hydroxyl groups is 2. The molecule has 106 valence electrons. The number of rotatable bonds is 4. The van der Waals surface area contributed by atoms with Gasteiger partial charge in [0, 0.05) is 0 Å². The molecule has 0 spiro atoms. The number of hydrogen-bond donors (Lipinski definition) is 2. The van der Waals surface area contributed by atoms with Gasteiger partial charge in [0.1, 0.15) is 11.5 Å². The summed E-state index contributed by atoms with van der Waals surface area (Å²) in [5.74, 6) is 1.26. The lowest BCUT2D eigenvalue weighted by molar-refractivity contribution is 0.455. The van der Waals surface area contributed by atoms with E-state index in [9.17, 15) is 10.2 Å². The molecule has 0 aromatic heterocycles. The van der Waals surface area contributed by atoms with Crippen molar-refractivity contribution in [2.75, 3.05) is 0 Å². The summed E-state index contributed by atoms with van der Waals surface area (Å²) in [7, 11) is 0. The highest BCUT2D eigenvalue weighted by molar-refractivity contribution is 5.43. The maximum Gasteiger partial charge on any atom is 0.122 e. The molecule has 0 bridgehead atoms. The molecule has 20 heavy (non-hydrogen) atoms. The van der Waals surface area contributed by atoms with Gasteiger partial charge in [0.2, 0.25) is 0 Å². The minimum atomic E-state index is 0.246. The molecule has 2 aromatic carbocycles. The van der Waals surface area contributed by atoms with E-state index in [1.54, 1.807) is 12.1 Å². The minimum Gasteiger partial charge on any atom is -0.508 e. The normalized spacial score (nSPS) is 12.6. The molecular formula is C18H22O2. The molecule has 2 heteroatoms. The first-order chi connectivity index (χ1) is 9.49. The Morgan fingerprint density at radius 1 is 0.950 bits per heavy atom. The van der Waals surface area contributed by atoms with E-state index in [4.69, 9.17) is 0 Å². The lowest BCUT2D eigenvalue weighted by Crippen LogP contribution is -2.00. The van der Waals surface area contributed by atoms with Crippen LogP contribution in [-0.4, -0.2) is 10.2 Å². The number of benzene rings is 2. The van der Waals surface area contributed by atoms with Crippen LogP contribution in [0.4, 0.5) is 0 Å². The van der Waals surface area contributed by atoms with Gasteiger partial charge >= 0.3 is 0 Å². The fourth-order valence-corrected chi connectivity index (χ4v) is 2.52. The Morgan fingerprint density at radius 2 is 1.65 bits per heavy atom. The topological polar surface area (TPSA) is 40.5 Å². The Labute approximate surface area is 120 Å². The van der Waals surface area contributed by atoms with Crippen LogP contribution in [-0.2, 0) is 6.42 Å². The third-order valence-corrected chi connectivity index (χ3v) is 3.74. The largest absolute Gasteiger partial charge is 0.508 e. The van der Waals surface area contributed by atoms with E-state index >= 15 is 0 Å². The van der Waals surface area contributed by atoms with Gasteiger partial charge in [-0.15, -0.1) is 0 Å². The quantitative estimate of drug-likeness (QED) is 0.854. The number of phenols is 2. The van der Waals surface area contributed by atoms with E-state index in [1.807, 2.05) is 30.3 Å². The standard InChI is InChI=1S/C18H22O2/c1-12(2)17-9-5-7-15(18(17)20)10-13(3)14-6-4-8-16(19)11-14/h4-9,11-13,19-20H,10H2,1-3H3. The Bertz CT molecular complexity index is 588. The van der Waals surface area contributed by atoms with Crippen LogP contribution in [0.2, 0.25) is 0 Å². The third-order valence-electron chi connectivity index (χ3n) is 3.74. The third kappa shape index (κ3) is 3.13. The van der Waals surface area contributed by atoms with Gasteiger partial charge in [-0.1, -0.05) is 51.1 Å². The summed E-state index contributed by atoms with van der Waals surface area (Å²) < 4.78 is 0. The fraction of sp³-hybridized carbons (Fsp3) is 0.333.